The molecule has 0 unspecified atom stereocenters. The Morgan fingerprint density at radius 1 is 1.47 bits per heavy atom. The highest BCUT2D eigenvalue weighted by Crippen LogP contribution is 2.22. The first-order valence-corrected chi connectivity index (χ1v) is 5.00. The van der Waals surface area contributed by atoms with Crippen molar-refractivity contribution in [3.8, 4) is 11.3 Å². The van der Waals surface area contributed by atoms with Crippen LogP contribution in [0.5, 0.6) is 0 Å². The van der Waals surface area contributed by atoms with E-state index in [9.17, 15) is 0 Å². The van der Waals surface area contributed by atoms with Crippen LogP contribution in [0.25, 0.3) is 11.3 Å². The lowest BCUT2D eigenvalue weighted by atomic mass is 10.3. The topological polar surface area (TPSA) is 65.2 Å². The van der Waals surface area contributed by atoms with Crippen molar-refractivity contribution >= 4 is 0 Å². The minimum atomic E-state index is 0.655. The van der Waals surface area contributed by atoms with E-state index in [4.69, 9.17) is 14.6 Å². The average Bonchev–Trinajstić information content (AvgIpc) is 2.83. The summed E-state index contributed by atoms with van der Waals surface area (Å²) in [4.78, 5) is 4.18. The second-order valence-electron chi connectivity index (χ2n) is 3.46. The normalized spacial score (nSPS) is 10.8. The number of aryl methyl sites for hydroxylation is 2. The maximum absolute atomic E-state index is 5.56. The largest absolute Gasteiger partial charge is 0.469 e. The standard InChI is InChI=1S/C11H14N2O2/c1-8-5-9(7-14-8)10-6-13-11(15-10)3-2-4-12/h5-7H,2-4,12H2,1H3. The Labute approximate surface area is 88.1 Å². The van der Waals surface area contributed by atoms with Crippen LogP contribution in [0.15, 0.2) is 27.4 Å². The van der Waals surface area contributed by atoms with Crippen LogP contribution >= 0.6 is 0 Å². The zero-order valence-electron chi connectivity index (χ0n) is 8.69. The van der Waals surface area contributed by atoms with Crippen LogP contribution in [0, 0.1) is 6.92 Å². The van der Waals surface area contributed by atoms with Gasteiger partial charge in [0.1, 0.15) is 12.0 Å². The van der Waals surface area contributed by atoms with Crippen LogP contribution in [0.2, 0.25) is 0 Å². The number of hydrogen-bond acceptors (Lipinski definition) is 4. The molecule has 0 saturated carbocycles. The van der Waals surface area contributed by atoms with E-state index in [1.807, 2.05) is 13.0 Å². The van der Waals surface area contributed by atoms with Gasteiger partial charge in [0.2, 0.25) is 0 Å². The lowest BCUT2D eigenvalue weighted by molar-refractivity contribution is 0.497. The van der Waals surface area contributed by atoms with E-state index in [0.717, 1.165) is 35.8 Å². The Kier molecular flexibility index (Phi) is 2.87. The molecular formula is C11H14N2O2. The number of furan rings is 1. The predicted molar refractivity (Wildman–Crippen MR) is 56.3 cm³/mol. The van der Waals surface area contributed by atoms with Gasteiger partial charge in [-0.1, -0.05) is 0 Å². The van der Waals surface area contributed by atoms with E-state index >= 15 is 0 Å². The van der Waals surface area contributed by atoms with Crippen LogP contribution < -0.4 is 5.73 Å². The molecule has 15 heavy (non-hydrogen) atoms. The van der Waals surface area contributed by atoms with Gasteiger partial charge in [0, 0.05) is 6.42 Å². The van der Waals surface area contributed by atoms with E-state index in [-0.39, 0.29) is 0 Å². The minimum Gasteiger partial charge on any atom is -0.469 e. The second kappa shape index (κ2) is 4.31. The molecule has 0 fully saturated rings. The number of oxazole rings is 1. The molecule has 0 saturated heterocycles. The van der Waals surface area contributed by atoms with Gasteiger partial charge in [-0.25, -0.2) is 4.98 Å². The van der Waals surface area contributed by atoms with Crippen molar-refractivity contribution in [2.75, 3.05) is 6.54 Å². The average molecular weight is 206 g/mol. The van der Waals surface area contributed by atoms with Crippen molar-refractivity contribution in [1.82, 2.24) is 4.98 Å². The lowest BCUT2D eigenvalue weighted by Gasteiger charge is -1.91. The molecule has 2 aromatic rings. The van der Waals surface area contributed by atoms with Crippen molar-refractivity contribution in [3.05, 3.63) is 30.2 Å². The quantitative estimate of drug-likeness (QED) is 0.832. The molecule has 80 valence electrons. The molecule has 0 amide bonds. The summed E-state index contributed by atoms with van der Waals surface area (Å²) in [6, 6.07) is 1.92. The predicted octanol–water partition coefficient (Wildman–Crippen LogP) is 2.13. The smallest absolute Gasteiger partial charge is 0.194 e. The summed E-state index contributed by atoms with van der Waals surface area (Å²) in [5, 5.41) is 0. The SMILES string of the molecule is Cc1cc(-c2cnc(CCCN)o2)co1. The van der Waals surface area contributed by atoms with Crippen LogP contribution in [0.4, 0.5) is 0 Å². The van der Waals surface area contributed by atoms with Gasteiger partial charge in [0.05, 0.1) is 11.8 Å². The molecule has 0 radical (unpaired) electrons. The van der Waals surface area contributed by atoms with Crippen molar-refractivity contribution in [1.29, 1.82) is 0 Å². The molecule has 2 aromatic heterocycles. The van der Waals surface area contributed by atoms with Gasteiger partial charge in [-0.3, -0.25) is 0 Å². The fourth-order valence-corrected chi connectivity index (χ4v) is 1.39. The highest BCUT2D eigenvalue weighted by atomic mass is 16.4. The van der Waals surface area contributed by atoms with Gasteiger partial charge < -0.3 is 14.6 Å². The third-order valence-corrected chi connectivity index (χ3v) is 2.16. The highest BCUT2D eigenvalue weighted by Gasteiger charge is 2.07. The summed E-state index contributed by atoms with van der Waals surface area (Å²) >= 11 is 0. The van der Waals surface area contributed by atoms with Crippen LogP contribution in [-0.2, 0) is 6.42 Å². The number of hydrogen-bond donors (Lipinski definition) is 1. The Morgan fingerprint density at radius 3 is 3.00 bits per heavy atom. The summed E-state index contributed by atoms with van der Waals surface area (Å²) in [5.74, 6) is 2.35. The van der Waals surface area contributed by atoms with Crippen molar-refractivity contribution in [2.24, 2.45) is 5.73 Å². The van der Waals surface area contributed by atoms with Gasteiger partial charge in [-0.2, -0.15) is 0 Å². The van der Waals surface area contributed by atoms with Crippen LogP contribution in [0.1, 0.15) is 18.1 Å². The first kappa shape index (κ1) is 9.98. The molecule has 0 aromatic carbocycles. The fraction of sp³-hybridized carbons (Fsp3) is 0.364. The Balaban J connectivity index is 2.13. The molecular weight excluding hydrogens is 192 g/mol. The first-order valence-electron chi connectivity index (χ1n) is 5.00. The molecule has 2 N–H and O–H groups in total. The fourth-order valence-electron chi connectivity index (χ4n) is 1.39. The molecule has 2 rings (SSSR count). The van der Waals surface area contributed by atoms with E-state index in [1.54, 1.807) is 12.5 Å². The zero-order valence-corrected chi connectivity index (χ0v) is 8.69. The van der Waals surface area contributed by atoms with E-state index < -0.39 is 0 Å². The zero-order chi connectivity index (χ0) is 10.7. The van der Waals surface area contributed by atoms with E-state index in [1.165, 1.54) is 0 Å². The van der Waals surface area contributed by atoms with Crippen molar-refractivity contribution in [2.45, 2.75) is 19.8 Å². The monoisotopic (exact) mass is 206 g/mol. The molecule has 0 aliphatic carbocycles. The number of nitrogens with two attached hydrogens (primary N) is 1. The number of nitrogens with zero attached hydrogens (tertiary/aromatic N) is 1. The Bertz CT molecular complexity index is 431. The molecule has 4 heteroatoms. The molecule has 2 heterocycles. The number of aromatic nitrogens is 1. The van der Waals surface area contributed by atoms with Gasteiger partial charge in [-0.05, 0) is 26.0 Å². The highest BCUT2D eigenvalue weighted by molar-refractivity contribution is 5.55. The summed E-state index contributed by atoms with van der Waals surface area (Å²) in [5.41, 5.74) is 6.34. The van der Waals surface area contributed by atoms with Gasteiger partial charge in [0.25, 0.3) is 0 Å². The molecule has 0 spiro atoms. The Morgan fingerprint density at radius 2 is 2.33 bits per heavy atom. The van der Waals surface area contributed by atoms with Crippen molar-refractivity contribution < 1.29 is 8.83 Å². The van der Waals surface area contributed by atoms with Crippen LogP contribution in [-0.4, -0.2) is 11.5 Å². The summed E-state index contributed by atoms with van der Waals surface area (Å²) in [6.07, 6.45) is 5.07. The van der Waals surface area contributed by atoms with Gasteiger partial charge in [0.15, 0.2) is 11.7 Å². The number of rotatable bonds is 4. The van der Waals surface area contributed by atoms with Crippen LogP contribution in [0.3, 0.4) is 0 Å². The third kappa shape index (κ3) is 2.27. The van der Waals surface area contributed by atoms with E-state index in [0.29, 0.717) is 6.54 Å². The summed E-state index contributed by atoms with van der Waals surface area (Å²) in [7, 11) is 0. The second-order valence-corrected chi connectivity index (χ2v) is 3.46. The summed E-state index contributed by atoms with van der Waals surface area (Å²) < 4.78 is 10.8. The molecule has 0 atom stereocenters. The lowest BCUT2D eigenvalue weighted by Crippen LogP contribution is -2.00. The third-order valence-electron chi connectivity index (χ3n) is 2.16. The molecule has 0 bridgehead atoms. The van der Waals surface area contributed by atoms with Crippen molar-refractivity contribution in [3.63, 3.8) is 0 Å². The minimum absolute atomic E-state index is 0.655. The Hall–Kier alpha value is -1.55. The molecule has 4 nitrogen and oxygen atoms in total. The van der Waals surface area contributed by atoms with Gasteiger partial charge in [-0.15, -0.1) is 0 Å². The maximum atomic E-state index is 5.56. The molecule has 0 aliphatic rings. The summed E-state index contributed by atoms with van der Waals surface area (Å²) in [6.45, 7) is 2.55. The maximum Gasteiger partial charge on any atom is 0.194 e. The first-order chi connectivity index (χ1) is 7.29. The van der Waals surface area contributed by atoms with Gasteiger partial charge >= 0.3 is 0 Å². The molecule has 0 aliphatic heterocycles. The van der Waals surface area contributed by atoms with E-state index in [2.05, 4.69) is 4.98 Å².